The Bertz CT molecular complexity index is 645. The Hall–Kier alpha value is -2.36. The van der Waals surface area contributed by atoms with Crippen molar-refractivity contribution in [3.05, 3.63) is 64.5 Å². The summed E-state index contributed by atoms with van der Waals surface area (Å²) in [7, 11) is 0. The van der Waals surface area contributed by atoms with Crippen LogP contribution < -0.4 is 10.6 Å². The van der Waals surface area contributed by atoms with Crippen molar-refractivity contribution in [2.24, 2.45) is 0 Å². The van der Waals surface area contributed by atoms with Crippen molar-refractivity contribution >= 4 is 11.7 Å². The Labute approximate surface area is 124 Å². The first kappa shape index (κ1) is 15.0. The van der Waals surface area contributed by atoms with Gasteiger partial charge in [-0.15, -0.1) is 0 Å². The SMILES string of the molecule is Cc1cc(C)c(NC(=O)NCc2ccccc2F)c(C)c1. The van der Waals surface area contributed by atoms with Gasteiger partial charge in [-0.25, -0.2) is 9.18 Å². The molecule has 2 rings (SSSR count). The van der Waals surface area contributed by atoms with Gasteiger partial charge < -0.3 is 10.6 Å². The van der Waals surface area contributed by atoms with Crippen molar-refractivity contribution < 1.29 is 9.18 Å². The highest BCUT2D eigenvalue weighted by molar-refractivity contribution is 5.91. The number of nitrogens with one attached hydrogen (secondary N) is 2. The number of rotatable bonds is 3. The van der Waals surface area contributed by atoms with Crippen LogP contribution in [0.1, 0.15) is 22.3 Å². The van der Waals surface area contributed by atoms with E-state index in [0.29, 0.717) is 5.56 Å². The van der Waals surface area contributed by atoms with Gasteiger partial charge in [0.25, 0.3) is 0 Å². The lowest BCUT2D eigenvalue weighted by Gasteiger charge is -2.13. The highest BCUT2D eigenvalue weighted by atomic mass is 19.1. The second kappa shape index (κ2) is 6.39. The summed E-state index contributed by atoms with van der Waals surface area (Å²) >= 11 is 0. The van der Waals surface area contributed by atoms with E-state index < -0.39 is 0 Å². The van der Waals surface area contributed by atoms with Crippen LogP contribution in [0.5, 0.6) is 0 Å². The Morgan fingerprint density at radius 1 is 1.10 bits per heavy atom. The summed E-state index contributed by atoms with van der Waals surface area (Å²) in [6.07, 6.45) is 0. The maximum absolute atomic E-state index is 13.5. The molecule has 21 heavy (non-hydrogen) atoms. The molecule has 110 valence electrons. The van der Waals surface area contributed by atoms with Crippen molar-refractivity contribution in [2.45, 2.75) is 27.3 Å². The minimum atomic E-state index is -0.340. The first-order valence-corrected chi connectivity index (χ1v) is 6.83. The molecule has 0 aliphatic carbocycles. The number of carbonyl (C=O) groups excluding carboxylic acids is 1. The summed E-state index contributed by atoms with van der Waals surface area (Å²) in [6.45, 7) is 6.07. The van der Waals surface area contributed by atoms with Crippen LogP contribution in [0.2, 0.25) is 0 Å². The van der Waals surface area contributed by atoms with E-state index in [0.717, 1.165) is 22.4 Å². The summed E-state index contributed by atoms with van der Waals surface area (Å²) in [4.78, 5) is 11.9. The summed E-state index contributed by atoms with van der Waals surface area (Å²) in [5.74, 6) is -0.319. The van der Waals surface area contributed by atoms with Crippen molar-refractivity contribution in [2.75, 3.05) is 5.32 Å². The monoisotopic (exact) mass is 286 g/mol. The van der Waals surface area contributed by atoms with Gasteiger partial charge in [-0.3, -0.25) is 0 Å². The van der Waals surface area contributed by atoms with Gasteiger partial charge in [-0.1, -0.05) is 35.9 Å². The lowest BCUT2D eigenvalue weighted by Crippen LogP contribution is -2.29. The molecule has 0 fully saturated rings. The van der Waals surface area contributed by atoms with Crippen LogP contribution >= 0.6 is 0 Å². The Kier molecular flexibility index (Phi) is 4.58. The molecule has 2 aromatic carbocycles. The Morgan fingerprint density at radius 2 is 1.71 bits per heavy atom. The zero-order valence-corrected chi connectivity index (χ0v) is 12.5. The molecule has 0 heterocycles. The molecular weight excluding hydrogens is 267 g/mol. The first-order chi connectivity index (χ1) is 9.97. The number of hydrogen-bond acceptors (Lipinski definition) is 1. The molecule has 0 spiro atoms. The molecule has 0 aliphatic heterocycles. The molecule has 2 aromatic rings. The summed E-state index contributed by atoms with van der Waals surface area (Å²) in [6, 6.07) is 10.1. The van der Waals surface area contributed by atoms with E-state index in [1.165, 1.54) is 6.07 Å². The van der Waals surface area contributed by atoms with E-state index in [4.69, 9.17) is 0 Å². The predicted octanol–water partition coefficient (Wildman–Crippen LogP) is 4.07. The Balaban J connectivity index is 2.01. The molecule has 0 saturated heterocycles. The molecule has 3 nitrogen and oxygen atoms in total. The predicted molar refractivity (Wildman–Crippen MR) is 82.9 cm³/mol. The standard InChI is InChI=1S/C17H19FN2O/c1-11-8-12(2)16(13(3)9-11)20-17(21)19-10-14-6-4-5-7-15(14)18/h4-9H,10H2,1-3H3,(H2,19,20,21). The largest absolute Gasteiger partial charge is 0.334 e. The van der Waals surface area contributed by atoms with Gasteiger partial charge in [0.2, 0.25) is 0 Å². The lowest BCUT2D eigenvalue weighted by molar-refractivity contribution is 0.251. The number of halogens is 1. The number of carbonyl (C=O) groups is 1. The van der Waals surface area contributed by atoms with Gasteiger partial charge >= 0.3 is 6.03 Å². The number of anilines is 1. The van der Waals surface area contributed by atoms with E-state index in [-0.39, 0.29) is 18.4 Å². The van der Waals surface area contributed by atoms with Crippen molar-refractivity contribution in [1.82, 2.24) is 5.32 Å². The normalized spacial score (nSPS) is 10.3. The smallest absolute Gasteiger partial charge is 0.319 e. The van der Waals surface area contributed by atoms with Crippen LogP contribution in [0.15, 0.2) is 36.4 Å². The van der Waals surface area contributed by atoms with E-state index >= 15 is 0 Å². The highest BCUT2D eigenvalue weighted by Gasteiger charge is 2.08. The van der Waals surface area contributed by atoms with Gasteiger partial charge in [-0.2, -0.15) is 0 Å². The fourth-order valence-corrected chi connectivity index (χ4v) is 2.35. The van der Waals surface area contributed by atoms with Crippen molar-refractivity contribution in [1.29, 1.82) is 0 Å². The molecular formula is C17H19FN2O. The van der Waals surface area contributed by atoms with Gasteiger partial charge in [0, 0.05) is 17.8 Å². The van der Waals surface area contributed by atoms with E-state index in [9.17, 15) is 9.18 Å². The van der Waals surface area contributed by atoms with E-state index in [2.05, 4.69) is 10.6 Å². The third kappa shape index (κ3) is 3.81. The molecule has 2 amide bonds. The maximum atomic E-state index is 13.5. The molecule has 4 heteroatoms. The lowest BCUT2D eigenvalue weighted by atomic mass is 10.1. The number of hydrogen-bond donors (Lipinski definition) is 2. The second-order valence-corrected chi connectivity index (χ2v) is 5.17. The van der Waals surface area contributed by atoms with E-state index in [1.54, 1.807) is 18.2 Å². The molecule has 0 bridgehead atoms. The van der Waals surface area contributed by atoms with Crippen LogP contribution in [0, 0.1) is 26.6 Å². The van der Waals surface area contributed by atoms with Crippen molar-refractivity contribution in [3.63, 3.8) is 0 Å². The fourth-order valence-electron chi connectivity index (χ4n) is 2.35. The zero-order chi connectivity index (χ0) is 15.4. The molecule has 0 unspecified atom stereocenters. The van der Waals surface area contributed by atoms with Gasteiger partial charge in [0.15, 0.2) is 0 Å². The highest BCUT2D eigenvalue weighted by Crippen LogP contribution is 2.21. The Morgan fingerprint density at radius 3 is 2.33 bits per heavy atom. The minimum absolute atomic E-state index is 0.155. The van der Waals surface area contributed by atoms with Gasteiger partial charge in [-0.05, 0) is 38.0 Å². The van der Waals surface area contributed by atoms with Crippen LogP contribution in [-0.2, 0) is 6.54 Å². The quantitative estimate of drug-likeness (QED) is 0.877. The van der Waals surface area contributed by atoms with E-state index in [1.807, 2.05) is 32.9 Å². The third-order valence-electron chi connectivity index (χ3n) is 3.31. The fraction of sp³-hybridized carbons (Fsp3) is 0.235. The van der Waals surface area contributed by atoms with Crippen molar-refractivity contribution in [3.8, 4) is 0 Å². The summed E-state index contributed by atoms with van der Waals surface area (Å²) < 4.78 is 13.5. The number of urea groups is 1. The summed E-state index contributed by atoms with van der Waals surface area (Å²) in [5, 5.41) is 5.49. The van der Waals surface area contributed by atoms with Gasteiger partial charge in [0.1, 0.15) is 5.82 Å². The topological polar surface area (TPSA) is 41.1 Å². The minimum Gasteiger partial charge on any atom is -0.334 e. The average Bonchev–Trinajstić information content (AvgIpc) is 2.42. The first-order valence-electron chi connectivity index (χ1n) is 6.83. The molecule has 0 aromatic heterocycles. The molecule has 0 atom stereocenters. The third-order valence-corrected chi connectivity index (χ3v) is 3.31. The molecule has 0 radical (unpaired) electrons. The molecule has 2 N–H and O–H groups in total. The number of benzene rings is 2. The van der Waals surface area contributed by atoms with Gasteiger partial charge in [0.05, 0.1) is 0 Å². The van der Waals surface area contributed by atoms with Crippen LogP contribution in [0.25, 0.3) is 0 Å². The number of aryl methyl sites for hydroxylation is 3. The molecule has 0 aliphatic rings. The average molecular weight is 286 g/mol. The van der Waals surface area contributed by atoms with Crippen LogP contribution in [-0.4, -0.2) is 6.03 Å². The van der Waals surface area contributed by atoms with Crippen LogP contribution in [0.4, 0.5) is 14.9 Å². The second-order valence-electron chi connectivity index (χ2n) is 5.17. The molecule has 0 saturated carbocycles. The summed E-state index contributed by atoms with van der Waals surface area (Å²) in [5.41, 5.74) is 4.43. The number of amides is 2. The van der Waals surface area contributed by atoms with Crippen LogP contribution in [0.3, 0.4) is 0 Å². The zero-order valence-electron chi connectivity index (χ0n) is 12.5. The maximum Gasteiger partial charge on any atom is 0.319 e.